The minimum absolute atomic E-state index is 0.178. The summed E-state index contributed by atoms with van der Waals surface area (Å²) in [7, 11) is -4.27. The summed E-state index contributed by atoms with van der Waals surface area (Å²) in [6.45, 7) is 6.31. The Morgan fingerprint density at radius 3 is 2.48 bits per heavy atom. The average Bonchev–Trinajstić information content (AvgIpc) is 2.79. The molecule has 0 spiro atoms. The summed E-state index contributed by atoms with van der Waals surface area (Å²) in [5, 5.41) is 0. The Labute approximate surface area is 126 Å². The summed E-state index contributed by atoms with van der Waals surface area (Å²) < 4.78 is 39.2. The molecule has 0 N–H and O–H groups in total. The highest BCUT2D eigenvalue weighted by Crippen LogP contribution is 2.14. The van der Waals surface area contributed by atoms with Crippen molar-refractivity contribution in [2.45, 2.75) is 44.1 Å². The summed E-state index contributed by atoms with van der Waals surface area (Å²) in [6.07, 6.45) is 4.27. The zero-order valence-corrected chi connectivity index (χ0v) is 13.2. The Kier molecular flexibility index (Phi) is 5.00. The highest BCUT2D eigenvalue weighted by atomic mass is 32.2. The summed E-state index contributed by atoms with van der Waals surface area (Å²) >= 11 is 0. The first-order chi connectivity index (χ1) is 9.86. The maximum atomic E-state index is 10.4. The van der Waals surface area contributed by atoms with E-state index in [1.807, 2.05) is 6.92 Å². The zero-order valence-electron chi connectivity index (χ0n) is 12.4. The molecule has 1 aromatic rings. The van der Waals surface area contributed by atoms with Gasteiger partial charge in [-0.15, -0.1) is 0 Å². The van der Waals surface area contributed by atoms with Crippen LogP contribution in [0.15, 0.2) is 29.2 Å². The quantitative estimate of drug-likeness (QED) is 0.587. The third kappa shape index (κ3) is 4.54. The van der Waals surface area contributed by atoms with Gasteiger partial charge in [-0.25, -0.2) is 8.42 Å². The van der Waals surface area contributed by atoms with Crippen LogP contribution in [0.5, 0.6) is 0 Å². The summed E-state index contributed by atoms with van der Waals surface area (Å²) in [6, 6.07) is 5.78. The Morgan fingerprint density at radius 2 is 1.90 bits per heavy atom. The van der Waals surface area contributed by atoms with Crippen molar-refractivity contribution in [2.24, 2.45) is 0 Å². The molecule has 0 amide bonds. The second-order valence-corrected chi connectivity index (χ2v) is 6.87. The molecule has 1 aromatic carbocycles. The first kappa shape index (κ1) is 16.0. The van der Waals surface area contributed by atoms with Gasteiger partial charge >= 0.3 is 5.90 Å². The molecule has 0 aliphatic carbocycles. The SMILES string of the molecule is CC1C[N+]2=C(CCCC2)O1.Cc1ccc(S(=O)(=O)[O-])cc1. The molecule has 0 saturated carbocycles. The van der Waals surface area contributed by atoms with Gasteiger partial charge in [-0.1, -0.05) is 17.7 Å². The number of hydrogen-bond acceptors (Lipinski definition) is 4. The average molecular weight is 311 g/mol. The molecule has 5 nitrogen and oxygen atoms in total. The van der Waals surface area contributed by atoms with Crippen LogP contribution in [-0.2, 0) is 14.9 Å². The van der Waals surface area contributed by atoms with Crippen molar-refractivity contribution in [3.8, 4) is 0 Å². The molecule has 3 rings (SSSR count). The van der Waals surface area contributed by atoms with Crippen LogP contribution < -0.4 is 0 Å². The van der Waals surface area contributed by atoms with Crippen LogP contribution in [0.25, 0.3) is 0 Å². The number of ether oxygens (including phenoxy) is 1. The van der Waals surface area contributed by atoms with Gasteiger partial charge in [0.25, 0.3) is 0 Å². The fraction of sp³-hybridized carbons (Fsp3) is 0.533. The number of aryl methyl sites for hydroxylation is 1. The van der Waals surface area contributed by atoms with Gasteiger partial charge in [-0.2, -0.15) is 4.58 Å². The van der Waals surface area contributed by atoms with Gasteiger partial charge in [0.05, 0.1) is 11.3 Å². The third-order valence-corrected chi connectivity index (χ3v) is 4.40. The van der Waals surface area contributed by atoms with Gasteiger partial charge in [-0.05, 0) is 32.4 Å². The van der Waals surface area contributed by atoms with Crippen molar-refractivity contribution in [3.63, 3.8) is 0 Å². The lowest BCUT2D eigenvalue weighted by atomic mass is 10.2. The Bertz CT molecular complexity index is 602. The van der Waals surface area contributed by atoms with Gasteiger partial charge in [0.1, 0.15) is 16.7 Å². The molecule has 0 aromatic heterocycles. The number of rotatable bonds is 1. The Balaban J connectivity index is 0.000000154. The molecule has 2 aliphatic rings. The lowest BCUT2D eigenvalue weighted by molar-refractivity contribution is -0.526. The van der Waals surface area contributed by atoms with Crippen LogP contribution in [0.1, 0.15) is 31.7 Å². The van der Waals surface area contributed by atoms with Gasteiger partial charge in [-0.3, -0.25) is 0 Å². The largest absolute Gasteiger partial charge is 0.744 e. The van der Waals surface area contributed by atoms with E-state index in [1.165, 1.54) is 43.8 Å². The molecule has 1 atom stereocenters. The van der Waals surface area contributed by atoms with Crippen LogP contribution in [0.4, 0.5) is 0 Å². The topological polar surface area (TPSA) is 69.4 Å². The Morgan fingerprint density at radius 1 is 1.24 bits per heavy atom. The highest BCUT2D eigenvalue weighted by Gasteiger charge is 2.31. The first-order valence-corrected chi connectivity index (χ1v) is 8.57. The molecule has 0 fully saturated rings. The van der Waals surface area contributed by atoms with Crippen LogP contribution in [-0.4, -0.2) is 42.6 Å². The van der Waals surface area contributed by atoms with E-state index in [-0.39, 0.29) is 4.90 Å². The van der Waals surface area contributed by atoms with Gasteiger partial charge in [0, 0.05) is 6.42 Å². The lowest BCUT2D eigenvalue weighted by Gasteiger charge is -2.05. The molecule has 2 heterocycles. The van der Waals surface area contributed by atoms with Crippen LogP contribution in [0, 0.1) is 6.92 Å². The maximum Gasteiger partial charge on any atom is 0.336 e. The van der Waals surface area contributed by atoms with Crippen molar-refractivity contribution >= 4 is 16.0 Å². The zero-order chi connectivity index (χ0) is 15.5. The predicted molar refractivity (Wildman–Crippen MR) is 78.5 cm³/mol. The fourth-order valence-corrected chi connectivity index (χ4v) is 2.94. The third-order valence-electron chi connectivity index (χ3n) is 3.55. The molecule has 0 saturated heterocycles. The van der Waals surface area contributed by atoms with Crippen LogP contribution in [0.2, 0.25) is 0 Å². The number of nitrogens with zero attached hydrogens (tertiary/aromatic N) is 1. The van der Waals surface area contributed by atoms with Crippen molar-refractivity contribution in [1.29, 1.82) is 0 Å². The van der Waals surface area contributed by atoms with Crippen LogP contribution >= 0.6 is 0 Å². The predicted octanol–water partition coefficient (Wildman–Crippen LogP) is 1.90. The molecule has 0 radical (unpaired) electrons. The van der Waals surface area contributed by atoms with E-state index >= 15 is 0 Å². The molecule has 1 unspecified atom stereocenters. The molecule has 21 heavy (non-hydrogen) atoms. The maximum absolute atomic E-state index is 10.4. The second kappa shape index (κ2) is 6.58. The molecular formula is C15H21NO4S. The van der Waals surface area contributed by atoms with E-state index in [1.54, 1.807) is 12.1 Å². The Hall–Kier alpha value is -1.40. The van der Waals surface area contributed by atoms with Crippen molar-refractivity contribution < 1.29 is 22.3 Å². The normalized spacial score (nSPS) is 21.2. The van der Waals surface area contributed by atoms with Crippen molar-refractivity contribution in [2.75, 3.05) is 13.1 Å². The summed E-state index contributed by atoms with van der Waals surface area (Å²) in [5.74, 6) is 1.25. The van der Waals surface area contributed by atoms with E-state index in [0.717, 1.165) is 12.1 Å². The molecule has 0 bridgehead atoms. The molecular weight excluding hydrogens is 290 g/mol. The van der Waals surface area contributed by atoms with Gasteiger partial charge < -0.3 is 9.29 Å². The van der Waals surface area contributed by atoms with E-state index in [4.69, 9.17) is 4.74 Å². The summed E-state index contributed by atoms with van der Waals surface area (Å²) in [5.41, 5.74) is 0.928. The number of benzene rings is 1. The van der Waals surface area contributed by atoms with Crippen LogP contribution in [0.3, 0.4) is 0 Å². The van der Waals surface area contributed by atoms with E-state index in [2.05, 4.69) is 11.5 Å². The standard InChI is InChI=1S/C8H14NO.C7H8O3S/c1-7-6-9-5-3-2-4-8(9)10-7;1-6-2-4-7(5-3-6)11(8,9)10/h7H,2-6H2,1H3;2-5H,1H3,(H,8,9,10)/q+1;/p-1. The van der Waals surface area contributed by atoms with E-state index in [0.29, 0.717) is 6.10 Å². The fourth-order valence-electron chi connectivity index (χ4n) is 2.47. The molecule has 6 heteroatoms. The molecule has 116 valence electrons. The van der Waals surface area contributed by atoms with E-state index < -0.39 is 10.1 Å². The second-order valence-electron chi connectivity index (χ2n) is 5.49. The first-order valence-electron chi connectivity index (χ1n) is 7.16. The summed E-state index contributed by atoms with van der Waals surface area (Å²) in [4.78, 5) is -0.178. The smallest absolute Gasteiger partial charge is 0.336 e. The number of hydrogen-bond donors (Lipinski definition) is 0. The monoisotopic (exact) mass is 311 g/mol. The van der Waals surface area contributed by atoms with Gasteiger partial charge in [0.15, 0.2) is 12.6 Å². The minimum atomic E-state index is -4.27. The van der Waals surface area contributed by atoms with E-state index in [9.17, 15) is 13.0 Å². The molecule has 2 aliphatic heterocycles. The minimum Gasteiger partial charge on any atom is -0.744 e. The highest BCUT2D eigenvalue weighted by molar-refractivity contribution is 7.85. The van der Waals surface area contributed by atoms with Crippen molar-refractivity contribution in [3.05, 3.63) is 29.8 Å². The lowest BCUT2D eigenvalue weighted by Crippen LogP contribution is -2.21. The van der Waals surface area contributed by atoms with Crippen molar-refractivity contribution in [1.82, 2.24) is 0 Å². The van der Waals surface area contributed by atoms with Gasteiger partial charge in [0.2, 0.25) is 0 Å².